The summed E-state index contributed by atoms with van der Waals surface area (Å²) in [7, 11) is 3.92. The van der Waals surface area contributed by atoms with Gasteiger partial charge in [0.2, 0.25) is 6.79 Å². The van der Waals surface area contributed by atoms with Gasteiger partial charge < -0.3 is 14.4 Å². The molecule has 0 unspecified atom stereocenters. The van der Waals surface area contributed by atoms with Crippen LogP contribution in [0.1, 0.15) is 10.4 Å². The summed E-state index contributed by atoms with van der Waals surface area (Å²) in [6, 6.07) is 13.1. The SMILES string of the molecule is CN(C)c1ccc(C(=O)Nc2nc(-c3ccc4c(c3)OCO4)cs2)cc1. The van der Waals surface area contributed by atoms with Crippen LogP contribution in [0.15, 0.2) is 47.8 Å². The number of aromatic nitrogens is 1. The Balaban J connectivity index is 1.48. The molecule has 7 heteroatoms. The topological polar surface area (TPSA) is 63.7 Å². The Labute approximate surface area is 155 Å². The number of rotatable bonds is 4. The monoisotopic (exact) mass is 367 g/mol. The third kappa shape index (κ3) is 3.21. The first-order chi connectivity index (χ1) is 12.6. The molecule has 1 aliphatic rings. The fourth-order valence-corrected chi connectivity index (χ4v) is 3.31. The average Bonchev–Trinajstić information content (AvgIpc) is 3.30. The van der Waals surface area contributed by atoms with Crippen LogP contribution in [0.4, 0.5) is 10.8 Å². The first-order valence-corrected chi connectivity index (χ1v) is 8.92. The van der Waals surface area contributed by atoms with Crippen molar-refractivity contribution in [1.29, 1.82) is 0 Å². The normalized spacial score (nSPS) is 12.1. The van der Waals surface area contributed by atoms with Crippen LogP contribution in [0.5, 0.6) is 11.5 Å². The van der Waals surface area contributed by atoms with Gasteiger partial charge in [-0.3, -0.25) is 10.1 Å². The maximum atomic E-state index is 12.4. The molecule has 0 bridgehead atoms. The fourth-order valence-electron chi connectivity index (χ4n) is 2.60. The van der Waals surface area contributed by atoms with Gasteiger partial charge in [0.15, 0.2) is 16.6 Å². The molecule has 0 saturated heterocycles. The largest absolute Gasteiger partial charge is 0.454 e. The zero-order valence-corrected chi connectivity index (χ0v) is 15.2. The van der Waals surface area contributed by atoms with E-state index < -0.39 is 0 Å². The van der Waals surface area contributed by atoms with Gasteiger partial charge in [0, 0.05) is 36.3 Å². The number of ether oxygens (including phenoxy) is 2. The standard InChI is InChI=1S/C19H17N3O3S/c1-22(2)14-6-3-12(4-7-14)18(23)21-19-20-15(10-26-19)13-5-8-16-17(9-13)25-11-24-16/h3-10H,11H2,1-2H3,(H,20,21,23). The number of anilines is 2. The zero-order chi connectivity index (χ0) is 18.1. The zero-order valence-electron chi connectivity index (χ0n) is 14.4. The number of carbonyl (C=O) groups excluding carboxylic acids is 1. The van der Waals surface area contributed by atoms with E-state index in [0.29, 0.717) is 16.4 Å². The highest BCUT2D eigenvalue weighted by Gasteiger charge is 2.16. The Morgan fingerprint density at radius 3 is 2.65 bits per heavy atom. The molecule has 0 fully saturated rings. The highest BCUT2D eigenvalue weighted by atomic mass is 32.1. The third-order valence-corrected chi connectivity index (χ3v) is 4.80. The van der Waals surface area contributed by atoms with E-state index in [1.54, 1.807) is 12.1 Å². The lowest BCUT2D eigenvalue weighted by Crippen LogP contribution is -2.13. The molecule has 0 atom stereocenters. The van der Waals surface area contributed by atoms with E-state index in [1.165, 1.54) is 11.3 Å². The Morgan fingerprint density at radius 1 is 1.12 bits per heavy atom. The molecule has 1 amide bonds. The van der Waals surface area contributed by atoms with Gasteiger partial charge in [-0.1, -0.05) is 0 Å². The second-order valence-corrected chi connectivity index (χ2v) is 6.86. The van der Waals surface area contributed by atoms with Crippen molar-refractivity contribution in [3.63, 3.8) is 0 Å². The molecule has 0 aliphatic carbocycles. The van der Waals surface area contributed by atoms with Crippen molar-refractivity contribution in [3.05, 3.63) is 53.4 Å². The minimum absolute atomic E-state index is 0.179. The number of nitrogens with zero attached hydrogens (tertiary/aromatic N) is 2. The van der Waals surface area contributed by atoms with Gasteiger partial charge in [-0.2, -0.15) is 0 Å². The summed E-state index contributed by atoms with van der Waals surface area (Å²) in [6.45, 7) is 0.240. The van der Waals surface area contributed by atoms with Crippen molar-refractivity contribution in [1.82, 2.24) is 4.98 Å². The molecule has 1 aromatic heterocycles. The molecular formula is C19H17N3O3S. The van der Waals surface area contributed by atoms with Crippen molar-refractivity contribution < 1.29 is 14.3 Å². The van der Waals surface area contributed by atoms with Crippen LogP contribution in [0.25, 0.3) is 11.3 Å². The smallest absolute Gasteiger partial charge is 0.257 e. The number of carbonyl (C=O) groups is 1. The second-order valence-electron chi connectivity index (χ2n) is 6.00. The van der Waals surface area contributed by atoms with Crippen molar-refractivity contribution in [2.75, 3.05) is 31.1 Å². The molecule has 1 aliphatic heterocycles. The van der Waals surface area contributed by atoms with Gasteiger partial charge in [-0.05, 0) is 42.5 Å². The Hall–Kier alpha value is -3.06. The van der Waals surface area contributed by atoms with Crippen LogP contribution in [0.3, 0.4) is 0 Å². The molecule has 26 heavy (non-hydrogen) atoms. The molecule has 0 spiro atoms. The van der Waals surface area contributed by atoms with E-state index in [9.17, 15) is 4.79 Å². The lowest BCUT2D eigenvalue weighted by molar-refractivity contribution is 0.102. The number of fused-ring (bicyclic) bond motifs is 1. The summed E-state index contributed by atoms with van der Waals surface area (Å²) in [5.74, 6) is 1.27. The van der Waals surface area contributed by atoms with Gasteiger partial charge in [-0.25, -0.2) is 4.98 Å². The predicted octanol–water partition coefficient (Wildman–Crippen LogP) is 3.86. The predicted molar refractivity (Wildman–Crippen MR) is 102 cm³/mol. The first-order valence-electron chi connectivity index (χ1n) is 8.04. The van der Waals surface area contributed by atoms with Gasteiger partial charge in [0.05, 0.1) is 5.69 Å². The molecule has 4 rings (SSSR count). The third-order valence-electron chi connectivity index (χ3n) is 4.04. The van der Waals surface area contributed by atoms with E-state index in [1.807, 2.05) is 54.7 Å². The average molecular weight is 367 g/mol. The van der Waals surface area contributed by atoms with Gasteiger partial charge in [0.25, 0.3) is 5.91 Å². The highest BCUT2D eigenvalue weighted by molar-refractivity contribution is 7.14. The summed E-state index contributed by atoms with van der Waals surface area (Å²) < 4.78 is 10.7. The van der Waals surface area contributed by atoms with E-state index >= 15 is 0 Å². The minimum atomic E-state index is -0.179. The molecule has 1 N–H and O–H groups in total. The van der Waals surface area contributed by atoms with Crippen LogP contribution in [0.2, 0.25) is 0 Å². The molecule has 6 nitrogen and oxygen atoms in total. The van der Waals surface area contributed by atoms with Crippen LogP contribution in [-0.2, 0) is 0 Å². The quantitative estimate of drug-likeness (QED) is 0.759. The Bertz CT molecular complexity index is 951. The Kier molecular flexibility index (Phi) is 4.22. The molecule has 2 aromatic carbocycles. The van der Waals surface area contributed by atoms with Crippen molar-refractivity contribution in [3.8, 4) is 22.8 Å². The highest BCUT2D eigenvalue weighted by Crippen LogP contribution is 2.36. The molecular weight excluding hydrogens is 350 g/mol. The molecule has 0 radical (unpaired) electrons. The number of amides is 1. The summed E-state index contributed by atoms with van der Waals surface area (Å²) >= 11 is 1.39. The lowest BCUT2D eigenvalue weighted by atomic mass is 10.1. The van der Waals surface area contributed by atoms with E-state index in [0.717, 1.165) is 22.7 Å². The lowest BCUT2D eigenvalue weighted by Gasteiger charge is -2.12. The number of hydrogen-bond donors (Lipinski definition) is 1. The molecule has 0 saturated carbocycles. The van der Waals surface area contributed by atoms with Crippen LogP contribution < -0.4 is 19.7 Å². The van der Waals surface area contributed by atoms with Crippen LogP contribution in [-0.4, -0.2) is 31.8 Å². The van der Waals surface area contributed by atoms with Gasteiger partial charge in [0.1, 0.15) is 0 Å². The summed E-state index contributed by atoms with van der Waals surface area (Å²) in [5.41, 5.74) is 3.34. The minimum Gasteiger partial charge on any atom is -0.454 e. The molecule has 3 aromatic rings. The van der Waals surface area contributed by atoms with E-state index in [4.69, 9.17) is 9.47 Å². The maximum Gasteiger partial charge on any atom is 0.257 e. The summed E-state index contributed by atoms with van der Waals surface area (Å²) in [6.07, 6.45) is 0. The van der Waals surface area contributed by atoms with Crippen molar-refractivity contribution >= 4 is 28.1 Å². The van der Waals surface area contributed by atoms with E-state index in [-0.39, 0.29) is 12.7 Å². The van der Waals surface area contributed by atoms with Gasteiger partial charge >= 0.3 is 0 Å². The number of benzene rings is 2. The molecule has 132 valence electrons. The van der Waals surface area contributed by atoms with E-state index in [2.05, 4.69) is 10.3 Å². The fraction of sp³-hybridized carbons (Fsp3) is 0.158. The van der Waals surface area contributed by atoms with Crippen LogP contribution >= 0.6 is 11.3 Å². The van der Waals surface area contributed by atoms with Crippen molar-refractivity contribution in [2.45, 2.75) is 0 Å². The molecule has 2 heterocycles. The van der Waals surface area contributed by atoms with Crippen molar-refractivity contribution in [2.24, 2.45) is 0 Å². The number of hydrogen-bond acceptors (Lipinski definition) is 6. The summed E-state index contributed by atoms with van der Waals surface area (Å²) in [4.78, 5) is 18.9. The number of thiazole rings is 1. The summed E-state index contributed by atoms with van der Waals surface area (Å²) in [5, 5.41) is 5.31. The maximum absolute atomic E-state index is 12.4. The Morgan fingerprint density at radius 2 is 1.88 bits per heavy atom. The van der Waals surface area contributed by atoms with Crippen LogP contribution in [0, 0.1) is 0 Å². The number of nitrogens with one attached hydrogen (secondary N) is 1. The first kappa shape index (κ1) is 16.4. The van der Waals surface area contributed by atoms with Gasteiger partial charge in [-0.15, -0.1) is 11.3 Å². The second kappa shape index (κ2) is 6.68.